The van der Waals surface area contributed by atoms with E-state index in [4.69, 9.17) is 5.11 Å². The lowest BCUT2D eigenvalue weighted by Gasteiger charge is -2.26. The molecule has 0 spiro atoms. The number of nitrogens with one attached hydrogen (secondary N) is 1. The first-order valence-electron chi connectivity index (χ1n) is 7.52. The van der Waals surface area contributed by atoms with Gasteiger partial charge in [-0.15, -0.1) is 8.78 Å². The summed E-state index contributed by atoms with van der Waals surface area (Å²) >= 11 is 0. The van der Waals surface area contributed by atoms with E-state index >= 15 is 0 Å². The third-order valence-corrected chi connectivity index (χ3v) is 4.09. The zero-order valence-electron chi connectivity index (χ0n) is 12.3. The monoisotopic (exact) mass is 299 g/mol. The molecule has 118 valence electrons. The quantitative estimate of drug-likeness (QED) is 0.790. The molecule has 1 aromatic carbocycles. The third kappa shape index (κ3) is 5.59. The molecule has 1 aliphatic rings. The number of benzene rings is 1. The van der Waals surface area contributed by atoms with E-state index in [1.165, 1.54) is 31.7 Å². The molecule has 1 aromatic rings. The van der Waals surface area contributed by atoms with Gasteiger partial charge >= 0.3 is 6.29 Å². The second kappa shape index (κ2) is 7.18. The molecule has 2 rings (SSSR count). The molecule has 1 aliphatic carbocycles. The van der Waals surface area contributed by atoms with Crippen LogP contribution in [0.5, 0.6) is 5.75 Å². The first-order chi connectivity index (χ1) is 9.94. The number of hydrogen-bond donors (Lipinski definition) is 2. The fraction of sp³-hybridized carbons (Fsp3) is 0.625. The minimum Gasteiger partial charge on any atom is -0.409 e. The number of alkyl halides is 2. The van der Waals surface area contributed by atoms with Crippen molar-refractivity contribution in [3.63, 3.8) is 0 Å². The zero-order chi connectivity index (χ0) is 15.3. The lowest BCUT2D eigenvalue weighted by atomic mass is 9.83. The maximum atomic E-state index is 12.6. The Morgan fingerprint density at radius 1 is 1.24 bits per heavy atom. The van der Waals surface area contributed by atoms with Crippen molar-refractivity contribution in [2.75, 3.05) is 6.54 Å². The molecule has 1 saturated carbocycles. The third-order valence-electron chi connectivity index (χ3n) is 4.09. The van der Waals surface area contributed by atoms with Gasteiger partial charge in [-0.2, -0.15) is 0 Å². The molecule has 0 bridgehead atoms. The van der Waals surface area contributed by atoms with Gasteiger partial charge in [0.15, 0.2) is 0 Å². The Labute approximate surface area is 124 Å². The van der Waals surface area contributed by atoms with Gasteiger partial charge in [0.1, 0.15) is 5.75 Å². The number of ether oxygens (including phenoxy) is 1. The van der Waals surface area contributed by atoms with Gasteiger partial charge in [-0.1, -0.05) is 38.0 Å². The summed E-state index contributed by atoms with van der Waals surface area (Å²) in [5.74, 6) is 1.49. The lowest BCUT2D eigenvalue weighted by molar-refractivity contribution is -0.327. The Morgan fingerprint density at radius 2 is 1.90 bits per heavy atom. The molecule has 3 nitrogen and oxygen atoms in total. The van der Waals surface area contributed by atoms with E-state index in [-0.39, 0.29) is 5.75 Å². The van der Waals surface area contributed by atoms with Gasteiger partial charge in [-0.05, 0) is 37.3 Å². The maximum Gasteiger partial charge on any atom is 0.532 e. The normalized spacial score (nSPS) is 23.0. The van der Waals surface area contributed by atoms with Crippen LogP contribution in [-0.4, -0.2) is 17.9 Å². The summed E-state index contributed by atoms with van der Waals surface area (Å²) in [5.41, 5.74) is 0.621. The largest absolute Gasteiger partial charge is 0.532 e. The second-order valence-electron chi connectivity index (χ2n) is 5.95. The molecule has 0 heterocycles. The molecule has 0 atom stereocenters. The van der Waals surface area contributed by atoms with Crippen LogP contribution in [0.4, 0.5) is 8.78 Å². The van der Waals surface area contributed by atoms with Crippen LogP contribution >= 0.6 is 0 Å². The predicted octanol–water partition coefficient (Wildman–Crippen LogP) is 3.52. The van der Waals surface area contributed by atoms with E-state index in [9.17, 15) is 8.78 Å². The molecule has 0 aliphatic heterocycles. The summed E-state index contributed by atoms with van der Waals surface area (Å²) in [5, 5.41) is 11.8. The Kier molecular flexibility index (Phi) is 5.53. The van der Waals surface area contributed by atoms with Gasteiger partial charge in [0.2, 0.25) is 0 Å². The molecule has 5 heteroatoms. The van der Waals surface area contributed by atoms with Crippen LogP contribution in [-0.2, 0) is 6.54 Å². The standard InChI is InChI=1S/C16H23F2NO2/c1-12-6-8-13(9-7-12)10-19-11-14-4-2-3-5-15(14)21-16(17,18)20/h2-5,12-13,19-20H,6-11H2,1H3. The summed E-state index contributed by atoms with van der Waals surface area (Å²) in [6.07, 6.45) is 0.837. The Balaban J connectivity index is 1.83. The van der Waals surface area contributed by atoms with Gasteiger partial charge in [0.25, 0.3) is 0 Å². The average molecular weight is 299 g/mol. The molecule has 2 N–H and O–H groups in total. The summed E-state index contributed by atoms with van der Waals surface area (Å²) in [6.45, 7) is 3.63. The lowest BCUT2D eigenvalue weighted by Crippen LogP contribution is -2.27. The first-order valence-corrected chi connectivity index (χ1v) is 7.52. The van der Waals surface area contributed by atoms with E-state index in [2.05, 4.69) is 17.0 Å². The maximum absolute atomic E-state index is 12.6. The molecular weight excluding hydrogens is 276 g/mol. The van der Waals surface area contributed by atoms with Crippen molar-refractivity contribution < 1.29 is 18.6 Å². The van der Waals surface area contributed by atoms with Gasteiger partial charge < -0.3 is 15.2 Å². The Bertz CT molecular complexity index is 440. The number of halogens is 2. The Morgan fingerprint density at radius 3 is 2.57 bits per heavy atom. The minimum atomic E-state index is -4.14. The second-order valence-corrected chi connectivity index (χ2v) is 5.95. The summed E-state index contributed by atoms with van der Waals surface area (Å²) in [4.78, 5) is 0. The van der Waals surface area contributed by atoms with Crippen molar-refractivity contribution in [3.05, 3.63) is 29.8 Å². The van der Waals surface area contributed by atoms with Crippen molar-refractivity contribution in [1.29, 1.82) is 0 Å². The van der Waals surface area contributed by atoms with Crippen LogP contribution in [0.25, 0.3) is 0 Å². The van der Waals surface area contributed by atoms with Crippen LogP contribution in [0.2, 0.25) is 0 Å². The van der Waals surface area contributed by atoms with Crippen LogP contribution < -0.4 is 10.1 Å². The SMILES string of the molecule is CC1CCC(CNCc2ccccc2OC(O)(F)F)CC1. The van der Waals surface area contributed by atoms with Crippen LogP contribution in [0.1, 0.15) is 38.2 Å². The van der Waals surface area contributed by atoms with E-state index in [1.807, 2.05) is 0 Å². The fourth-order valence-electron chi connectivity index (χ4n) is 2.83. The van der Waals surface area contributed by atoms with E-state index < -0.39 is 6.29 Å². The van der Waals surface area contributed by atoms with E-state index in [0.29, 0.717) is 18.0 Å². The molecule has 21 heavy (non-hydrogen) atoms. The molecule has 0 aromatic heterocycles. The van der Waals surface area contributed by atoms with E-state index in [1.54, 1.807) is 18.2 Å². The van der Waals surface area contributed by atoms with Crippen molar-refractivity contribution in [2.24, 2.45) is 11.8 Å². The van der Waals surface area contributed by atoms with E-state index in [0.717, 1.165) is 12.5 Å². The van der Waals surface area contributed by atoms with Crippen LogP contribution in [0, 0.1) is 11.8 Å². The molecular formula is C16H23F2NO2. The minimum absolute atomic E-state index is 0.00904. The molecule has 1 fully saturated rings. The molecule has 0 radical (unpaired) electrons. The highest BCUT2D eigenvalue weighted by Gasteiger charge is 2.28. The summed E-state index contributed by atoms with van der Waals surface area (Å²) < 4.78 is 29.4. The summed E-state index contributed by atoms with van der Waals surface area (Å²) in [6, 6.07) is 6.52. The van der Waals surface area contributed by atoms with Gasteiger partial charge in [0, 0.05) is 12.1 Å². The van der Waals surface area contributed by atoms with Crippen molar-refractivity contribution in [1.82, 2.24) is 5.32 Å². The van der Waals surface area contributed by atoms with Crippen molar-refractivity contribution >= 4 is 0 Å². The van der Waals surface area contributed by atoms with Crippen molar-refractivity contribution in [3.8, 4) is 5.75 Å². The highest BCUT2D eigenvalue weighted by atomic mass is 19.3. The number of para-hydroxylation sites is 1. The average Bonchev–Trinajstić information content (AvgIpc) is 2.41. The number of hydrogen-bond acceptors (Lipinski definition) is 3. The molecule has 0 amide bonds. The number of rotatable bonds is 6. The topological polar surface area (TPSA) is 41.5 Å². The zero-order valence-corrected chi connectivity index (χ0v) is 12.3. The summed E-state index contributed by atoms with van der Waals surface area (Å²) in [7, 11) is 0. The highest BCUT2D eigenvalue weighted by molar-refractivity contribution is 5.33. The van der Waals surface area contributed by atoms with Crippen LogP contribution in [0.3, 0.4) is 0 Å². The Hall–Kier alpha value is -1.20. The smallest absolute Gasteiger partial charge is 0.409 e. The fourth-order valence-corrected chi connectivity index (χ4v) is 2.83. The van der Waals surface area contributed by atoms with Gasteiger partial charge in [0.05, 0.1) is 0 Å². The molecule has 0 unspecified atom stereocenters. The highest BCUT2D eigenvalue weighted by Crippen LogP contribution is 2.28. The van der Waals surface area contributed by atoms with Gasteiger partial charge in [-0.25, -0.2) is 0 Å². The predicted molar refractivity (Wildman–Crippen MR) is 77.1 cm³/mol. The van der Waals surface area contributed by atoms with Crippen molar-refractivity contribution in [2.45, 2.75) is 45.4 Å². The first kappa shape index (κ1) is 16.2. The number of aliphatic hydroxyl groups is 1. The molecule has 0 saturated heterocycles. The van der Waals surface area contributed by atoms with Gasteiger partial charge in [-0.3, -0.25) is 0 Å². The van der Waals surface area contributed by atoms with Crippen LogP contribution in [0.15, 0.2) is 24.3 Å².